The molecule has 2 heterocycles. The molecule has 1 N–H and O–H groups in total. The van der Waals surface area contributed by atoms with Gasteiger partial charge in [-0.1, -0.05) is 23.4 Å². The molecule has 0 bridgehead atoms. The molecule has 1 aliphatic heterocycles. The Labute approximate surface area is 135 Å². The second kappa shape index (κ2) is 5.35. The minimum Gasteiger partial charge on any atom is -0.487 e. The smallest absolute Gasteiger partial charge is 0.246 e. The normalized spacial score (nSPS) is 19.9. The highest BCUT2D eigenvalue weighted by molar-refractivity contribution is 7.89. The number of nitrogens with one attached hydrogen (secondary N) is 1. The highest BCUT2D eigenvalue weighted by Gasteiger charge is 2.37. The van der Waals surface area contributed by atoms with E-state index >= 15 is 0 Å². The second-order valence-corrected chi connectivity index (χ2v) is 8.08. The molecule has 0 radical (unpaired) electrons. The zero-order valence-electron chi connectivity index (χ0n) is 13.6. The van der Waals surface area contributed by atoms with Crippen LogP contribution in [0, 0.1) is 13.8 Å². The standard InChI is InChI=1S/C16H20N2O4S/c1-10-15(11(2)22-17-10)23(19,20)18-13-9-16(3,4)21-14-8-6-5-7-12(13)14/h5-8,13,18H,9H2,1-4H3. The molecule has 1 aliphatic rings. The Kier molecular flexibility index (Phi) is 3.72. The van der Waals surface area contributed by atoms with E-state index in [2.05, 4.69) is 9.88 Å². The van der Waals surface area contributed by atoms with Gasteiger partial charge < -0.3 is 9.26 Å². The summed E-state index contributed by atoms with van der Waals surface area (Å²) in [7, 11) is -3.73. The maximum atomic E-state index is 12.8. The Bertz CT molecular complexity index is 820. The number of ether oxygens (including phenoxy) is 1. The summed E-state index contributed by atoms with van der Waals surface area (Å²) in [6.07, 6.45) is 0.534. The molecule has 1 aromatic carbocycles. The summed E-state index contributed by atoms with van der Waals surface area (Å²) in [5.41, 5.74) is 0.733. The fraction of sp³-hybridized carbons (Fsp3) is 0.438. The number of aromatic nitrogens is 1. The summed E-state index contributed by atoms with van der Waals surface area (Å²) < 4.78 is 39.3. The molecule has 0 saturated carbocycles. The molecule has 6 nitrogen and oxygen atoms in total. The Morgan fingerprint density at radius 2 is 1.96 bits per heavy atom. The Balaban J connectivity index is 2.00. The molecule has 0 spiro atoms. The highest BCUT2D eigenvalue weighted by atomic mass is 32.2. The van der Waals surface area contributed by atoms with Gasteiger partial charge in [0.05, 0.1) is 6.04 Å². The number of fused-ring (bicyclic) bond motifs is 1. The minimum absolute atomic E-state index is 0.110. The lowest BCUT2D eigenvalue weighted by atomic mass is 9.90. The molecule has 0 amide bonds. The van der Waals surface area contributed by atoms with E-state index in [1.165, 1.54) is 0 Å². The molecule has 7 heteroatoms. The predicted octanol–water partition coefficient (Wildman–Crippen LogP) is 2.87. The van der Waals surface area contributed by atoms with Crippen molar-refractivity contribution in [2.45, 2.75) is 50.7 Å². The number of para-hydroxylation sites is 1. The van der Waals surface area contributed by atoms with Gasteiger partial charge in [-0.15, -0.1) is 0 Å². The first-order chi connectivity index (χ1) is 10.7. The van der Waals surface area contributed by atoms with Crippen molar-refractivity contribution in [3.63, 3.8) is 0 Å². The van der Waals surface area contributed by atoms with E-state index in [1.807, 2.05) is 38.1 Å². The van der Waals surface area contributed by atoms with Gasteiger partial charge in [0, 0.05) is 12.0 Å². The third-order valence-corrected chi connectivity index (χ3v) is 5.63. The molecule has 1 atom stereocenters. The average Bonchev–Trinajstić information content (AvgIpc) is 2.77. The predicted molar refractivity (Wildman–Crippen MR) is 84.8 cm³/mol. The monoisotopic (exact) mass is 336 g/mol. The summed E-state index contributed by atoms with van der Waals surface area (Å²) in [5.74, 6) is 0.991. The fourth-order valence-electron chi connectivity index (χ4n) is 3.01. The molecule has 124 valence electrons. The van der Waals surface area contributed by atoms with Crippen LogP contribution in [0.3, 0.4) is 0 Å². The van der Waals surface area contributed by atoms with E-state index in [9.17, 15) is 8.42 Å². The van der Waals surface area contributed by atoms with Crippen molar-refractivity contribution in [1.82, 2.24) is 9.88 Å². The summed E-state index contributed by atoms with van der Waals surface area (Å²) in [6.45, 7) is 7.10. The van der Waals surface area contributed by atoms with Crippen molar-refractivity contribution in [3.8, 4) is 5.75 Å². The van der Waals surface area contributed by atoms with Crippen molar-refractivity contribution < 1.29 is 17.7 Å². The van der Waals surface area contributed by atoms with Gasteiger partial charge in [-0.25, -0.2) is 13.1 Å². The minimum atomic E-state index is -3.73. The largest absolute Gasteiger partial charge is 0.487 e. The average molecular weight is 336 g/mol. The zero-order chi connectivity index (χ0) is 16.8. The van der Waals surface area contributed by atoms with Gasteiger partial charge in [-0.2, -0.15) is 0 Å². The van der Waals surface area contributed by atoms with Gasteiger partial charge in [-0.3, -0.25) is 0 Å². The van der Waals surface area contributed by atoms with Crippen LogP contribution >= 0.6 is 0 Å². The van der Waals surface area contributed by atoms with Gasteiger partial charge in [0.1, 0.15) is 21.9 Å². The zero-order valence-corrected chi connectivity index (χ0v) is 14.4. The van der Waals surface area contributed by atoms with E-state index in [-0.39, 0.29) is 16.7 Å². The number of aryl methyl sites for hydroxylation is 2. The van der Waals surface area contributed by atoms with Crippen LogP contribution in [0.5, 0.6) is 5.75 Å². The van der Waals surface area contributed by atoms with Crippen molar-refractivity contribution >= 4 is 10.0 Å². The van der Waals surface area contributed by atoms with Crippen LogP contribution in [-0.2, 0) is 10.0 Å². The lowest BCUT2D eigenvalue weighted by Crippen LogP contribution is -2.41. The van der Waals surface area contributed by atoms with Gasteiger partial charge in [0.15, 0.2) is 5.76 Å². The maximum Gasteiger partial charge on any atom is 0.246 e. The number of rotatable bonds is 3. The Morgan fingerprint density at radius 3 is 2.61 bits per heavy atom. The molecular formula is C16H20N2O4S. The summed E-state index contributed by atoms with van der Waals surface area (Å²) in [6, 6.07) is 7.12. The third kappa shape index (κ3) is 2.98. The molecular weight excluding hydrogens is 316 g/mol. The Hall–Kier alpha value is -1.86. The van der Waals surface area contributed by atoms with Crippen molar-refractivity contribution in [3.05, 3.63) is 41.3 Å². The number of sulfonamides is 1. The Morgan fingerprint density at radius 1 is 1.26 bits per heavy atom. The quantitative estimate of drug-likeness (QED) is 0.932. The first kappa shape index (κ1) is 16.0. The maximum absolute atomic E-state index is 12.8. The van der Waals surface area contributed by atoms with Crippen LogP contribution in [0.4, 0.5) is 0 Å². The molecule has 1 unspecified atom stereocenters. The van der Waals surface area contributed by atoms with Crippen LogP contribution in [0.15, 0.2) is 33.7 Å². The van der Waals surface area contributed by atoms with Crippen molar-refractivity contribution in [2.24, 2.45) is 0 Å². The first-order valence-electron chi connectivity index (χ1n) is 7.43. The van der Waals surface area contributed by atoms with Gasteiger partial charge in [0.25, 0.3) is 0 Å². The lowest BCUT2D eigenvalue weighted by molar-refractivity contribution is 0.0702. The van der Waals surface area contributed by atoms with E-state index in [0.717, 1.165) is 5.56 Å². The van der Waals surface area contributed by atoms with Crippen molar-refractivity contribution in [1.29, 1.82) is 0 Å². The molecule has 0 fully saturated rings. The summed E-state index contributed by atoms with van der Waals surface area (Å²) in [4.78, 5) is 0.110. The number of nitrogens with zero attached hydrogens (tertiary/aromatic N) is 1. The fourth-order valence-corrected chi connectivity index (χ4v) is 4.56. The lowest BCUT2D eigenvalue weighted by Gasteiger charge is -2.37. The van der Waals surface area contributed by atoms with E-state index < -0.39 is 15.6 Å². The van der Waals surface area contributed by atoms with Crippen LogP contribution < -0.4 is 9.46 Å². The van der Waals surface area contributed by atoms with Crippen LogP contribution in [0.25, 0.3) is 0 Å². The topological polar surface area (TPSA) is 81.4 Å². The van der Waals surface area contributed by atoms with Crippen LogP contribution in [0.1, 0.15) is 43.3 Å². The number of hydrogen-bond donors (Lipinski definition) is 1. The molecule has 2 aromatic rings. The SMILES string of the molecule is Cc1noc(C)c1S(=O)(=O)NC1CC(C)(C)Oc2ccccc21. The number of hydrogen-bond acceptors (Lipinski definition) is 5. The molecule has 0 saturated heterocycles. The van der Waals surface area contributed by atoms with Gasteiger partial charge in [0.2, 0.25) is 10.0 Å². The first-order valence-corrected chi connectivity index (χ1v) is 8.91. The van der Waals surface area contributed by atoms with Gasteiger partial charge >= 0.3 is 0 Å². The van der Waals surface area contributed by atoms with E-state index in [1.54, 1.807) is 13.8 Å². The molecule has 3 rings (SSSR count). The second-order valence-electron chi connectivity index (χ2n) is 6.43. The van der Waals surface area contributed by atoms with E-state index in [0.29, 0.717) is 17.9 Å². The van der Waals surface area contributed by atoms with Gasteiger partial charge in [-0.05, 0) is 33.8 Å². The third-order valence-electron chi connectivity index (χ3n) is 3.91. The molecule has 23 heavy (non-hydrogen) atoms. The van der Waals surface area contributed by atoms with E-state index in [4.69, 9.17) is 9.26 Å². The summed E-state index contributed by atoms with van der Waals surface area (Å²) >= 11 is 0. The van der Waals surface area contributed by atoms with Crippen LogP contribution in [-0.4, -0.2) is 19.2 Å². The summed E-state index contributed by atoms with van der Waals surface area (Å²) in [5, 5.41) is 3.73. The van der Waals surface area contributed by atoms with Crippen LogP contribution in [0.2, 0.25) is 0 Å². The highest BCUT2D eigenvalue weighted by Crippen LogP contribution is 2.40. The van der Waals surface area contributed by atoms with Crippen molar-refractivity contribution in [2.75, 3.05) is 0 Å². The molecule has 1 aromatic heterocycles. The molecule has 0 aliphatic carbocycles. The number of benzene rings is 1.